The number of thioether (sulfide) groups is 2. The Hall–Kier alpha value is 0.400. The molecule has 0 unspecified atom stereocenters. The third-order valence-corrected chi connectivity index (χ3v) is 6.04. The molecule has 1 aromatic rings. The molecule has 1 fully saturated rings. The first-order valence-corrected chi connectivity index (χ1v) is 7.03. The van der Waals surface area contributed by atoms with Crippen molar-refractivity contribution in [1.29, 1.82) is 0 Å². The molecule has 0 radical (unpaired) electrons. The van der Waals surface area contributed by atoms with Crippen molar-refractivity contribution >= 4 is 34.9 Å². The Balaban J connectivity index is 2.19. The zero-order valence-electron chi connectivity index (χ0n) is 7.08. The summed E-state index contributed by atoms with van der Waals surface area (Å²) >= 11 is 5.99. The van der Waals surface area contributed by atoms with E-state index in [2.05, 4.69) is 47.3 Å². The van der Waals surface area contributed by atoms with E-state index in [-0.39, 0.29) is 0 Å². The van der Waals surface area contributed by atoms with Gasteiger partial charge in [-0.1, -0.05) is 0 Å². The van der Waals surface area contributed by atoms with Gasteiger partial charge in [-0.25, -0.2) is 0 Å². The van der Waals surface area contributed by atoms with E-state index >= 15 is 0 Å². The van der Waals surface area contributed by atoms with Crippen LogP contribution in [0.15, 0.2) is 16.8 Å². The molecule has 0 saturated carbocycles. The predicted octanol–water partition coefficient (Wildman–Crippen LogP) is 3.79. The van der Waals surface area contributed by atoms with Crippen molar-refractivity contribution in [2.45, 2.75) is 17.4 Å². The minimum atomic E-state index is 0.345. The molecule has 66 valence electrons. The highest BCUT2D eigenvalue weighted by atomic mass is 32.2. The summed E-state index contributed by atoms with van der Waals surface area (Å²) in [5.74, 6) is 2.64. The fourth-order valence-corrected chi connectivity index (χ4v) is 5.20. The fraction of sp³-hybridized carbons (Fsp3) is 0.556. The first-order chi connectivity index (χ1) is 5.81. The molecule has 0 aliphatic carbocycles. The van der Waals surface area contributed by atoms with Crippen molar-refractivity contribution in [2.75, 3.05) is 11.5 Å². The minimum Gasteiger partial charge on any atom is -0.152 e. The molecular formula is C9H12S3. The molecule has 0 amide bonds. The predicted molar refractivity (Wildman–Crippen MR) is 61.2 cm³/mol. The van der Waals surface area contributed by atoms with E-state index in [4.69, 9.17) is 0 Å². The molecule has 0 bridgehead atoms. The molecule has 0 spiro atoms. The van der Waals surface area contributed by atoms with Gasteiger partial charge in [0, 0.05) is 0 Å². The van der Waals surface area contributed by atoms with Gasteiger partial charge >= 0.3 is 0 Å². The fourth-order valence-electron chi connectivity index (χ4n) is 1.32. The van der Waals surface area contributed by atoms with Gasteiger partial charge in [0.2, 0.25) is 0 Å². The number of hydrogen-bond donors (Lipinski definition) is 0. The second-order valence-electron chi connectivity index (χ2n) is 3.01. The van der Waals surface area contributed by atoms with Gasteiger partial charge in [0.05, 0.1) is 4.08 Å². The lowest BCUT2D eigenvalue weighted by atomic mass is 10.2. The summed E-state index contributed by atoms with van der Waals surface area (Å²) in [7, 11) is 0. The van der Waals surface area contributed by atoms with E-state index in [0.29, 0.717) is 4.08 Å². The molecule has 0 atom stereocenters. The van der Waals surface area contributed by atoms with Gasteiger partial charge in [-0.3, -0.25) is 0 Å². The number of hydrogen-bond acceptors (Lipinski definition) is 3. The van der Waals surface area contributed by atoms with Crippen LogP contribution in [-0.4, -0.2) is 11.5 Å². The molecule has 0 nitrogen and oxygen atoms in total. The summed E-state index contributed by atoms with van der Waals surface area (Å²) in [6.07, 6.45) is 1.37. The van der Waals surface area contributed by atoms with E-state index in [9.17, 15) is 0 Å². The Morgan fingerprint density at radius 2 is 2.08 bits per heavy atom. The number of rotatable bonds is 1. The monoisotopic (exact) mass is 216 g/mol. The van der Waals surface area contributed by atoms with Crippen LogP contribution in [0.3, 0.4) is 0 Å². The first kappa shape index (κ1) is 8.97. The second kappa shape index (κ2) is 3.64. The van der Waals surface area contributed by atoms with Crippen molar-refractivity contribution in [2.24, 2.45) is 0 Å². The molecule has 1 aliphatic rings. The van der Waals surface area contributed by atoms with Crippen LogP contribution >= 0.6 is 34.9 Å². The summed E-state index contributed by atoms with van der Waals surface area (Å²) in [5, 5.41) is 4.46. The maximum Gasteiger partial charge on any atom is 0.0840 e. The minimum absolute atomic E-state index is 0.345. The van der Waals surface area contributed by atoms with Gasteiger partial charge in [0.15, 0.2) is 0 Å². The summed E-state index contributed by atoms with van der Waals surface area (Å²) in [4.78, 5) is 0. The highest BCUT2D eigenvalue weighted by Crippen LogP contribution is 2.50. The molecular weight excluding hydrogens is 204 g/mol. The Kier molecular flexibility index (Phi) is 2.72. The van der Waals surface area contributed by atoms with E-state index in [1.54, 1.807) is 11.3 Å². The van der Waals surface area contributed by atoms with Crippen LogP contribution in [0, 0.1) is 0 Å². The van der Waals surface area contributed by atoms with Crippen LogP contribution in [0.25, 0.3) is 0 Å². The Morgan fingerprint density at radius 1 is 1.33 bits per heavy atom. The molecule has 1 aromatic heterocycles. The second-order valence-corrected chi connectivity index (χ2v) is 7.07. The topological polar surface area (TPSA) is 0 Å². The van der Waals surface area contributed by atoms with Crippen molar-refractivity contribution in [1.82, 2.24) is 0 Å². The average Bonchev–Trinajstić information content (AvgIpc) is 2.58. The van der Waals surface area contributed by atoms with Crippen molar-refractivity contribution in [3.63, 3.8) is 0 Å². The van der Waals surface area contributed by atoms with Gasteiger partial charge < -0.3 is 0 Å². The van der Waals surface area contributed by atoms with E-state index in [1.165, 1.54) is 23.5 Å². The largest absolute Gasteiger partial charge is 0.152 e. The standard InChI is InChI=1S/C9H12S3/c1-9(8-3-6-10-7-8)11-4-2-5-12-9/h3,6-7H,2,4-5H2,1H3. The Labute approximate surface area is 86.1 Å². The third kappa shape index (κ3) is 1.68. The number of thiophene rings is 1. The zero-order valence-corrected chi connectivity index (χ0v) is 9.53. The molecule has 1 aliphatic heterocycles. The molecule has 0 aromatic carbocycles. The van der Waals surface area contributed by atoms with Crippen LogP contribution in [0.5, 0.6) is 0 Å². The van der Waals surface area contributed by atoms with E-state index in [0.717, 1.165) is 0 Å². The van der Waals surface area contributed by atoms with Gasteiger partial charge in [-0.15, -0.1) is 23.5 Å². The Bertz CT molecular complexity index is 234. The smallest absolute Gasteiger partial charge is 0.0840 e. The van der Waals surface area contributed by atoms with Crippen LogP contribution in [0.2, 0.25) is 0 Å². The van der Waals surface area contributed by atoms with Crippen LogP contribution in [0.1, 0.15) is 18.9 Å². The normalized spacial score (nSPS) is 22.4. The molecule has 2 rings (SSSR count). The highest BCUT2D eigenvalue weighted by molar-refractivity contribution is 8.18. The third-order valence-electron chi connectivity index (χ3n) is 2.09. The van der Waals surface area contributed by atoms with Gasteiger partial charge in [-0.05, 0) is 47.2 Å². The molecule has 1 saturated heterocycles. The van der Waals surface area contributed by atoms with Crippen molar-refractivity contribution in [3.8, 4) is 0 Å². The van der Waals surface area contributed by atoms with Crippen LogP contribution in [0.4, 0.5) is 0 Å². The lowest BCUT2D eigenvalue weighted by molar-refractivity contribution is 0.969. The zero-order chi connectivity index (χ0) is 8.44. The Morgan fingerprint density at radius 3 is 2.67 bits per heavy atom. The molecule has 3 heteroatoms. The van der Waals surface area contributed by atoms with Crippen LogP contribution < -0.4 is 0 Å². The summed E-state index contributed by atoms with van der Waals surface area (Å²) in [6.45, 7) is 2.35. The van der Waals surface area contributed by atoms with Gasteiger partial charge in [-0.2, -0.15) is 11.3 Å². The van der Waals surface area contributed by atoms with E-state index < -0.39 is 0 Å². The molecule has 12 heavy (non-hydrogen) atoms. The lowest BCUT2D eigenvalue weighted by Crippen LogP contribution is -2.17. The van der Waals surface area contributed by atoms with E-state index in [1.807, 2.05) is 0 Å². The van der Waals surface area contributed by atoms with Crippen molar-refractivity contribution < 1.29 is 0 Å². The summed E-state index contributed by atoms with van der Waals surface area (Å²) in [6, 6.07) is 2.26. The first-order valence-electron chi connectivity index (χ1n) is 4.12. The quantitative estimate of drug-likeness (QED) is 0.700. The van der Waals surface area contributed by atoms with Crippen molar-refractivity contribution in [3.05, 3.63) is 22.4 Å². The SMILES string of the molecule is CC1(c2ccsc2)SCCCS1. The van der Waals surface area contributed by atoms with Crippen LogP contribution in [-0.2, 0) is 4.08 Å². The lowest BCUT2D eigenvalue weighted by Gasteiger charge is -2.31. The van der Waals surface area contributed by atoms with Gasteiger partial charge in [0.25, 0.3) is 0 Å². The molecule has 2 heterocycles. The maximum atomic E-state index is 2.35. The van der Waals surface area contributed by atoms with Gasteiger partial charge in [0.1, 0.15) is 0 Å². The summed E-state index contributed by atoms with van der Waals surface area (Å²) in [5.41, 5.74) is 1.50. The summed E-state index contributed by atoms with van der Waals surface area (Å²) < 4.78 is 0.345. The molecule has 0 N–H and O–H groups in total. The maximum absolute atomic E-state index is 2.35. The highest BCUT2D eigenvalue weighted by Gasteiger charge is 2.30. The average molecular weight is 216 g/mol.